The number of hydrogen-bond donors (Lipinski definition) is 1. The van der Waals surface area contributed by atoms with Gasteiger partial charge in [-0.2, -0.15) is 14.7 Å². The van der Waals surface area contributed by atoms with Crippen LogP contribution in [0.1, 0.15) is 13.3 Å². The number of aromatic nitrogens is 4. The van der Waals surface area contributed by atoms with Gasteiger partial charge in [0.2, 0.25) is 10.0 Å². The zero-order valence-electron chi connectivity index (χ0n) is 14.6. The van der Waals surface area contributed by atoms with Crippen LogP contribution >= 0.6 is 0 Å². The van der Waals surface area contributed by atoms with Gasteiger partial charge in [-0.1, -0.05) is 0 Å². The molecule has 1 saturated heterocycles. The van der Waals surface area contributed by atoms with Crippen LogP contribution in [0.15, 0.2) is 30.9 Å². The second-order valence-electron chi connectivity index (χ2n) is 6.62. The molecule has 0 aromatic carbocycles. The summed E-state index contributed by atoms with van der Waals surface area (Å²) in [6.07, 6.45) is 6.14. The monoisotopic (exact) mass is 388 g/mol. The molecule has 0 spiro atoms. The molecule has 4 heterocycles. The quantitative estimate of drug-likeness (QED) is 0.718. The molecule has 1 fully saturated rings. The number of nitrogens with one attached hydrogen (secondary N) is 1. The van der Waals surface area contributed by atoms with Crippen molar-refractivity contribution >= 4 is 21.1 Å². The number of sulfonamides is 1. The van der Waals surface area contributed by atoms with Gasteiger partial charge >= 0.3 is 0 Å². The molecule has 140 valence electrons. The van der Waals surface area contributed by atoms with Crippen LogP contribution < -0.4 is 0 Å². The molecule has 27 heavy (non-hydrogen) atoms. The van der Waals surface area contributed by atoms with Crippen LogP contribution in [-0.2, 0) is 15.6 Å². The Bertz CT molecular complexity index is 1150. The maximum absolute atomic E-state index is 14.4. The average Bonchev–Trinajstić information content (AvgIpc) is 3.27. The fraction of sp³-hybridized carbons (Fsp3) is 0.353. The van der Waals surface area contributed by atoms with Gasteiger partial charge in [0.25, 0.3) is 0 Å². The summed E-state index contributed by atoms with van der Waals surface area (Å²) in [5.41, 5.74) is 0.746. The second kappa shape index (κ2) is 6.14. The number of H-pyrrole nitrogens is 1. The molecule has 0 saturated carbocycles. The summed E-state index contributed by atoms with van der Waals surface area (Å²) in [5.74, 6) is -0.465. The summed E-state index contributed by atoms with van der Waals surface area (Å²) in [7, 11) is -3.32. The van der Waals surface area contributed by atoms with Gasteiger partial charge in [0.1, 0.15) is 17.0 Å². The Hall–Kier alpha value is -2.77. The van der Waals surface area contributed by atoms with Gasteiger partial charge in [0.15, 0.2) is 0 Å². The molecule has 1 aliphatic heterocycles. The van der Waals surface area contributed by atoms with E-state index in [-0.39, 0.29) is 25.3 Å². The van der Waals surface area contributed by atoms with E-state index < -0.39 is 21.4 Å². The summed E-state index contributed by atoms with van der Waals surface area (Å²) in [6.45, 7) is 1.94. The minimum Gasteiger partial charge on any atom is -0.346 e. The van der Waals surface area contributed by atoms with Gasteiger partial charge in [0.05, 0.1) is 30.6 Å². The van der Waals surface area contributed by atoms with Crippen molar-refractivity contribution in [2.24, 2.45) is 0 Å². The minimum atomic E-state index is -3.32. The largest absolute Gasteiger partial charge is 0.346 e. The van der Waals surface area contributed by atoms with Crippen molar-refractivity contribution in [3.8, 4) is 17.2 Å². The maximum Gasteiger partial charge on any atom is 0.213 e. The fourth-order valence-corrected chi connectivity index (χ4v) is 4.70. The zero-order chi connectivity index (χ0) is 19.2. The Balaban J connectivity index is 1.72. The summed E-state index contributed by atoms with van der Waals surface area (Å²) >= 11 is 0. The highest BCUT2D eigenvalue weighted by Crippen LogP contribution is 2.36. The van der Waals surface area contributed by atoms with Gasteiger partial charge in [0, 0.05) is 42.0 Å². The third-order valence-electron chi connectivity index (χ3n) is 5.01. The first-order valence-electron chi connectivity index (χ1n) is 8.42. The van der Waals surface area contributed by atoms with E-state index in [0.717, 1.165) is 6.20 Å². The Morgan fingerprint density at radius 1 is 1.41 bits per heavy atom. The molecule has 3 aromatic heterocycles. The first-order valence-corrected chi connectivity index (χ1v) is 10.0. The topological polar surface area (TPSA) is 108 Å². The number of rotatable bonds is 5. The predicted octanol–water partition coefficient (Wildman–Crippen LogP) is 1.84. The third-order valence-corrected chi connectivity index (χ3v) is 6.78. The van der Waals surface area contributed by atoms with E-state index in [0.29, 0.717) is 22.2 Å². The number of fused-ring (bicyclic) bond motifs is 1. The van der Waals surface area contributed by atoms with E-state index in [2.05, 4.69) is 21.1 Å². The first-order chi connectivity index (χ1) is 12.9. The second-order valence-corrected chi connectivity index (χ2v) is 8.88. The summed E-state index contributed by atoms with van der Waals surface area (Å²) < 4.78 is 41.5. The van der Waals surface area contributed by atoms with Crippen LogP contribution in [0.3, 0.4) is 0 Å². The van der Waals surface area contributed by atoms with Gasteiger partial charge in [-0.25, -0.2) is 17.8 Å². The number of halogens is 1. The van der Waals surface area contributed by atoms with Gasteiger partial charge in [-0.05, 0) is 13.0 Å². The van der Waals surface area contributed by atoms with Gasteiger partial charge in [-0.15, -0.1) is 0 Å². The lowest BCUT2D eigenvalue weighted by Gasteiger charge is -2.47. The van der Waals surface area contributed by atoms with E-state index in [1.807, 2.05) is 0 Å². The van der Waals surface area contributed by atoms with E-state index in [9.17, 15) is 18.1 Å². The van der Waals surface area contributed by atoms with Crippen LogP contribution in [0, 0.1) is 17.1 Å². The lowest BCUT2D eigenvalue weighted by Crippen LogP contribution is -2.64. The molecule has 0 atom stereocenters. The molecule has 10 heteroatoms. The van der Waals surface area contributed by atoms with Crippen molar-refractivity contribution < 1.29 is 12.8 Å². The van der Waals surface area contributed by atoms with Crippen LogP contribution in [0.5, 0.6) is 0 Å². The first kappa shape index (κ1) is 17.6. The molecule has 0 amide bonds. The number of pyridine rings is 1. The number of aromatic amines is 1. The maximum atomic E-state index is 14.4. The molecule has 0 unspecified atom stereocenters. The Kier molecular flexibility index (Phi) is 4.01. The highest BCUT2D eigenvalue weighted by molar-refractivity contribution is 7.89. The predicted molar refractivity (Wildman–Crippen MR) is 96.5 cm³/mol. The number of nitrogens with zero attached hydrogens (tertiary/aromatic N) is 5. The van der Waals surface area contributed by atoms with Crippen molar-refractivity contribution in [1.29, 1.82) is 5.26 Å². The van der Waals surface area contributed by atoms with Crippen molar-refractivity contribution in [3.63, 3.8) is 0 Å². The molecule has 3 aromatic rings. The van der Waals surface area contributed by atoms with Crippen molar-refractivity contribution in [2.45, 2.75) is 18.9 Å². The van der Waals surface area contributed by atoms with Crippen molar-refractivity contribution in [3.05, 3.63) is 36.7 Å². The standard InChI is InChI=1S/C17H17FN6O2S/c1-2-27(25,26)23-10-17(11-23,4-5-19)24-9-12(7-22-24)15-13-3-6-20-16(13)21-8-14(15)18/h3,6-9H,2,4,10-11H2,1H3,(H,20,21). The smallest absolute Gasteiger partial charge is 0.213 e. The molecule has 4 rings (SSSR count). The number of nitriles is 1. The van der Waals surface area contributed by atoms with Gasteiger partial charge < -0.3 is 4.98 Å². The van der Waals surface area contributed by atoms with Crippen LogP contribution in [0.2, 0.25) is 0 Å². The molecule has 8 nitrogen and oxygen atoms in total. The zero-order valence-corrected chi connectivity index (χ0v) is 15.4. The lowest BCUT2D eigenvalue weighted by atomic mass is 9.89. The Morgan fingerprint density at radius 3 is 2.89 bits per heavy atom. The fourth-order valence-electron chi connectivity index (χ4n) is 3.46. The summed E-state index contributed by atoms with van der Waals surface area (Å²) in [6, 6.07) is 3.85. The van der Waals surface area contributed by atoms with Gasteiger partial charge in [-0.3, -0.25) is 4.68 Å². The summed E-state index contributed by atoms with van der Waals surface area (Å²) in [5, 5.41) is 14.2. The average molecular weight is 388 g/mol. The normalized spacial score (nSPS) is 16.9. The highest BCUT2D eigenvalue weighted by Gasteiger charge is 2.49. The molecular weight excluding hydrogens is 371 g/mol. The minimum absolute atomic E-state index is 0.00763. The van der Waals surface area contributed by atoms with Crippen LogP contribution in [0.25, 0.3) is 22.2 Å². The molecule has 1 N–H and O–H groups in total. The summed E-state index contributed by atoms with van der Waals surface area (Å²) in [4.78, 5) is 6.96. The van der Waals surface area contributed by atoms with Crippen molar-refractivity contribution in [1.82, 2.24) is 24.1 Å². The molecule has 0 aliphatic carbocycles. The van der Waals surface area contributed by atoms with Crippen molar-refractivity contribution in [2.75, 3.05) is 18.8 Å². The Labute approximate surface area is 155 Å². The lowest BCUT2D eigenvalue weighted by molar-refractivity contribution is 0.0719. The molecule has 0 radical (unpaired) electrons. The Morgan fingerprint density at radius 2 is 2.19 bits per heavy atom. The van der Waals surface area contributed by atoms with E-state index in [4.69, 9.17) is 0 Å². The SMILES string of the molecule is CCS(=O)(=O)N1CC(CC#N)(n2cc(-c3c(F)cnc4[nH]ccc34)cn2)C1. The highest BCUT2D eigenvalue weighted by atomic mass is 32.2. The molecule has 0 bridgehead atoms. The molecule has 1 aliphatic rings. The molecular formula is C17H17FN6O2S. The van der Waals surface area contributed by atoms with E-state index in [1.54, 1.807) is 30.1 Å². The van der Waals surface area contributed by atoms with Crippen LogP contribution in [-0.4, -0.2) is 51.3 Å². The van der Waals surface area contributed by atoms with E-state index in [1.165, 1.54) is 10.5 Å². The van der Waals surface area contributed by atoms with Crippen LogP contribution in [0.4, 0.5) is 4.39 Å². The third kappa shape index (κ3) is 2.70. The number of hydrogen-bond acceptors (Lipinski definition) is 5. The van der Waals surface area contributed by atoms with E-state index >= 15 is 0 Å².